The van der Waals surface area contributed by atoms with E-state index in [2.05, 4.69) is 6.58 Å². The molecular formula is C28H25F3O. The molecule has 1 atom stereocenters. The molecule has 2 aliphatic rings. The molecule has 0 spiro atoms. The molecule has 1 nitrogen and oxygen atoms in total. The Balaban J connectivity index is 1.31. The number of benzene rings is 3. The summed E-state index contributed by atoms with van der Waals surface area (Å²) >= 11 is 0. The minimum absolute atomic E-state index is 0.0371. The molecule has 2 fully saturated rings. The third-order valence-electron chi connectivity index (χ3n) is 6.91. The van der Waals surface area contributed by atoms with Crippen molar-refractivity contribution in [3.05, 3.63) is 101 Å². The van der Waals surface area contributed by atoms with Crippen molar-refractivity contribution in [3.8, 4) is 11.1 Å². The summed E-state index contributed by atoms with van der Waals surface area (Å²) in [5, 5.41) is 0. The van der Waals surface area contributed by atoms with Crippen LogP contribution in [0.5, 0.6) is 0 Å². The molecule has 0 aromatic heterocycles. The van der Waals surface area contributed by atoms with Crippen molar-refractivity contribution in [2.24, 2.45) is 0 Å². The summed E-state index contributed by atoms with van der Waals surface area (Å²) in [7, 11) is 0. The van der Waals surface area contributed by atoms with Crippen LogP contribution in [0.15, 0.2) is 61.2 Å². The number of halogens is 3. The number of ether oxygens (including phenoxy) is 1. The second kappa shape index (κ2) is 8.59. The maximum Gasteiger partial charge on any atom is 0.166 e. The largest absolute Gasteiger partial charge is 0.368 e. The lowest BCUT2D eigenvalue weighted by atomic mass is 9.75. The van der Waals surface area contributed by atoms with Crippen molar-refractivity contribution in [2.45, 2.75) is 43.6 Å². The molecule has 4 heteroatoms. The molecule has 5 rings (SSSR count). The second-order valence-corrected chi connectivity index (χ2v) is 8.81. The first-order chi connectivity index (χ1) is 15.5. The van der Waals surface area contributed by atoms with Crippen LogP contribution < -0.4 is 0 Å². The van der Waals surface area contributed by atoms with Gasteiger partial charge in [-0.15, -0.1) is 0 Å². The Morgan fingerprint density at radius 2 is 1.41 bits per heavy atom. The first-order valence-corrected chi connectivity index (χ1v) is 11.2. The zero-order chi connectivity index (χ0) is 22.2. The molecule has 0 bridgehead atoms. The van der Waals surface area contributed by atoms with Gasteiger partial charge < -0.3 is 4.74 Å². The smallest absolute Gasteiger partial charge is 0.166 e. The molecule has 1 saturated carbocycles. The molecule has 32 heavy (non-hydrogen) atoms. The summed E-state index contributed by atoms with van der Waals surface area (Å²) in [6.45, 7) is 4.37. The average molecular weight is 435 g/mol. The Labute approximate surface area is 186 Å². The van der Waals surface area contributed by atoms with Crippen molar-refractivity contribution in [2.75, 3.05) is 6.61 Å². The normalized spacial score (nSPS) is 22.5. The molecule has 1 aliphatic carbocycles. The predicted octanol–water partition coefficient (Wildman–Crippen LogP) is 7.93. The highest BCUT2D eigenvalue weighted by Gasteiger charge is 2.30. The fourth-order valence-electron chi connectivity index (χ4n) is 4.93. The zero-order valence-corrected chi connectivity index (χ0v) is 17.8. The molecule has 0 amide bonds. The second-order valence-electron chi connectivity index (χ2n) is 8.81. The summed E-state index contributed by atoms with van der Waals surface area (Å²) in [4.78, 5) is 0. The topological polar surface area (TPSA) is 12.5 Å². The quantitative estimate of drug-likeness (QED) is 0.372. The van der Waals surface area contributed by atoms with E-state index >= 15 is 4.39 Å². The van der Waals surface area contributed by atoms with E-state index in [1.54, 1.807) is 36.4 Å². The fourth-order valence-corrected chi connectivity index (χ4v) is 4.93. The van der Waals surface area contributed by atoms with E-state index in [0.29, 0.717) is 30.6 Å². The van der Waals surface area contributed by atoms with Gasteiger partial charge in [-0.25, -0.2) is 13.2 Å². The van der Waals surface area contributed by atoms with Crippen LogP contribution in [0, 0.1) is 17.5 Å². The number of hydrogen-bond acceptors (Lipinski definition) is 1. The molecule has 3 aromatic carbocycles. The van der Waals surface area contributed by atoms with Gasteiger partial charge >= 0.3 is 0 Å². The molecule has 164 valence electrons. The van der Waals surface area contributed by atoms with E-state index in [9.17, 15) is 8.78 Å². The van der Waals surface area contributed by atoms with Crippen molar-refractivity contribution in [3.63, 3.8) is 0 Å². The van der Waals surface area contributed by atoms with Crippen LogP contribution in [0.1, 0.15) is 65.9 Å². The highest BCUT2D eigenvalue weighted by atomic mass is 19.2. The van der Waals surface area contributed by atoms with Gasteiger partial charge in [-0.3, -0.25) is 0 Å². The van der Waals surface area contributed by atoms with Crippen LogP contribution >= 0.6 is 0 Å². The molecule has 1 heterocycles. The molecule has 1 saturated heterocycles. The summed E-state index contributed by atoms with van der Waals surface area (Å²) in [5.41, 5.74) is 3.86. The van der Waals surface area contributed by atoms with Crippen LogP contribution in [-0.4, -0.2) is 6.61 Å². The zero-order valence-electron chi connectivity index (χ0n) is 17.8. The van der Waals surface area contributed by atoms with E-state index in [-0.39, 0.29) is 29.3 Å². The lowest BCUT2D eigenvalue weighted by Gasteiger charge is -2.30. The van der Waals surface area contributed by atoms with Crippen LogP contribution in [-0.2, 0) is 4.74 Å². The van der Waals surface area contributed by atoms with E-state index in [4.69, 9.17) is 4.74 Å². The standard InChI is InChI=1S/C28H25F3O/c1-2-17-3-5-19(6-4-17)23-13-14-24(28(31)27(23)30)20-9-7-18(8-10-20)22-12-11-21(15-25(22)29)26-16-32-26/h2-6,11-15,18,20,26H,1,7-10,16H2. The van der Waals surface area contributed by atoms with E-state index in [0.717, 1.165) is 29.5 Å². The number of rotatable bonds is 5. The molecule has 0 radical (unpaired) electrons. The van der Waals surface area contributed by atoms with E-state index in [1.807, 2.05) is 24.3 Å². The van der Waals surface area contributed by atoms with Crippen molar-refractivity contribution < 1.29 is 17.9 Å². The van der Waals surface area contributed by atoms with Crippen LogP contribution in [0.25, 0.3) is 17.2 Å². The minimum atomic E-state index is -0.806. The fraction of sp³-hybridized carbons (Fsp3) is 0.286. The van der Waals surface area contributed by atoms with Crippen LogP contribution in [0.3, 0.4) is 0 Å². The van der Waals surface area contributed by atoms with Crippen molar-refractivity contribution in [1.29, 1.82) is 0 Å². The molecular weight excluding hydrogens is 409 g/mol. The van der Waals surface area contributed by atoms with Gasteiger partial charge in [-0.1, -0.05) is 61.2 Å². The summed E-state index contributed by atoms with van der Waals surface area (Å²) in [5.74, 6) is -1.71. The molecule has 1 unspecified atom stereocenters. The number of hydrogen-bond donors (Lipinski definition) is 0. The third kappa shape index (κ3) is 4.00. The summed E-state index contributed by atoms with van der Waals surface area (Å²) in [6, 6.07) is 16.0. The van der Waals surface area contributed by atoms with Crippen molar-refractivity contribution >= 4 is 6.08 Å². The molecule has 0 N–H and O–H groups in total. The average Bonchev–Trinajstić information content (AvgIpc) is 3.67. The SMILES string of the molecule is C=Cc1ccc(-c2ccc(C3CCC(c4ccc(C5CO5)cc4F)CC3)c(F)c2F)cc1. The Morgan fingerprint density at radius 3 is 2.00 bits per heavy atom. The van der Waals surface area contributed by atoms with Gasteiger partial charge in [-0.05, 0) is 71.4 Å². The molecule has 3 aromatic rings. The Hall–Kier alpha value is -2.85. The maximum atomic E-state index is 15.0. The van der Waals surface area contributed by atoms with E-state index in [1.165, 1.54) is 0 Å². The van der Waals surface area contributed by atoms with Gasteiger partial charge in [0.1, 0.15) is 11.9 Å². The lowest BCUT2D eigenvalue weighted by molar-refractivity contribution is 0.374. The third-order valence-corrected chi connectivity index (χ3v) is 6.91. The Kier molecular flexibility index (Phi) is 5.64. The van der Waals surface area contributed by atoms with Gasteiger partial charge in [0, 0.05) is 5.56 Å². The minimum Gasteiger partial charge on any atom is -0.368 e. The van der Waals surface area contributed by atoms with Gasteiger partial charge in [-0.2, -0.15) is 0 Å². The van der Waals surface area contributed by atoms with Gasteiger partial charge in [0.05, 0.1) is 6.61 Å². The van der Waals surface area contributed by atoms with Crippen LogP contribution in [0.2, 0.25) is 0 Å². The first kappa shape index (κ1) is 21.0. The summed E-state index contributed by atoms with van der Waals surface area (Å²) < 4.78 is 49.8. The molecule has 1 aliphatic heterocycles. The lowest BCUT2D eigenvalue weighted by Crippen LogP contribution is -2.15. The highest BCUT2D eigenvalue weighted by molar-refractivity contribution is 5.66. The van der Waals surface area contributed by atoms with Gasteiger partial charge in [0.2, 0.25) is 0 Å². The van der Waals surface area contributed by atoms with E-state index < -0.39 is 11.6 Å². The van der Waals surface area contributed by atoms with Gasteiger partial charge in [0.15, 0.2) is 11.6 Å². The monoisotopic (exact) mass is 434 g/mol. The summed E-state index contributed by atoms with van der Waals surface area (Å²) in [6.07, 6.45) is 4.68. The Morgan fingerprint density at radius 1 is 0.781 bits per heavy atom. The number of epoxide rings is 1. The first-order valence-electron chi connectivity index (χ1n) is 11.2. The predicted molar refractivity (Wildman–Crippen MR) is 121 cm³/mol. The Bertz CT molecular complexity index is 1140. The van der Waals surface area contributed by atoms with Crippen LogP contribution in [0.4, 0.5) is 13.2 Å². The van der Waals surface area contributed by atoms with Gasteiger partial charge in [0.25, 0.3) is 0 Å². The highest BCUT2D eigenvalue weighted by Crippen LogP contribution is 2.43. The van der Waals surface area contributed by atoms with Crippen molar-refractivity contribution in [1.82, 2.24) is 0 Å². The maximum absolute atomic E-state index is 15.0.